The molecule has 3 N–H and O–H groups in total. The quantitative estimate of drug-likeness (QED) is 0.662. The van der Waals surface area contributed by atoms with Crippen LogP contribution in [0.25, 0.3) is 0 Å². The van der Waals surface area contributed by atoms with E-state index in [1.54, 1.807) is 0 Å². The Morgan fingerprint density at radius 2 is 2.00 bits per heavy atom. The SMILES string of the molecule is COc1cc(O)c(C(=O)O)c(O)c1C. The van der Waals surface area contributed by atoms with Gasteiger partial charge in [-0.3, -0.25) is 0 Å². The minimum Gasteiger partial charge on any atom is -0.507 e. The summed E-state index contributed by atoms with van der Waals surface area (Å²) in [7, 11) is 1.36. The van der Waals surface area contributed by atoms with Crippen molar-refractivity contribution in [1.29, 1.82) is 0 Å². The highest BCUT2D eigenvalue weighted by molar-refractivity contribution is 5.95. The molecular formula is C9H10O5. The summed E-state index contributed by atoms with van der Waals surface area (Å²) < 4.78 is 4.83. The summed E-state index contributed by atoms with van der Waals surface area (Å²) in [6.45, 7) is 1.50. The van der Waals surface area contributed by atoms with E-state index in [9.17, 15) is 15.0 Å². The predicted molar refractivity (Wildman–Crippen MR) is 48.0 cm³/mol. The zero-order chi connectivity index (χ0) is 10.9. The van der Waals surface area contributed by atoms with Gasteiger partial charge in [0.05, 0.1) is 7.11 Å². The molecule has 0 aliphatic rings. The van der Waals surface area contributed by atoms with Gasteiger partial charge in [0.15, 0.2) is 0 Å². The van der Waals surface area contributed by atoms with Crippen LogP contribution in [0, 0.1) is 6.92 Å². The summed E-state index contributed by atoms with van der Waals surface area (Å²) >= 11 is 0. The molecule has 0 unspecified atom stereocenters. The van der Waals surface area contributed by atoms with E-state index >= 15 is 0 Å². The van der Waals surface area contributed by atoms with Gasteiger partial charge in [-0.25, -0.2) is 4.79 Å². The van der Waals surface area contributed by atoms with Crippen molar-refractivity contribution in [2.45, 2.75) is 6.92 Å². The highest BCUT2D eigenvalue weighted by Gasteiger charge is 2.20. The molecule has 14 heavy (non-hydrogen) atoms. The van der Waals surface area contributed by atoms with Crippen molar-refractivity contribution in [3.63, 3.8) is 0 Å². The number of carboxylic acid groups (broad SMARTS) is 1. The first kappa shape index (κ1) is 10.2. The Morgan fingerprint density at radius 1 is 1.43 bits per heavy atom. The predicted octanol–water partition coefficient (Wildman–Crippen LogP) is 1.11. The third-order valence-electron chi connectivity index (χ3n) is 1.92. The summed E-state index contributed by atoms with van der Waals surface area (Å²) in [6.07, 6.45) is 0. The monoisotopic (exact) mass is 198 g/mol. The molecule has 5 heteroatoms. The van der Waals surface area contributed by atoms with Crippen LogP contribution in [0.2, 0.25) is 0 Å². The number of hydrogen-bond donors (Lipinski definition) is 3. The Kier molecular flexibility index (Phi) is 2.51. The molecule has 0 aliphatic heterocycles. The molecule has 0 aromatic heterocycles. The van der Waals surface area contributed by atoms with Crippen molar-refractivity contribution in [2.75, 3.05) is 7.11 Å². The second-order valence-electron chi connectivity index (χ2n) is 2.75. The van der Waals surface area contributed by atoms with Gasteiger partial charge in [0.2, 0.25) is 0 Å². The van der Waals surface area contributed by atoms with Gasteiger partial charge in [-0.05, 0) is 6.92 Å². The highest BCUT2D eigenvalue weighted by Crippen LogP contribution is 2.36. The molecule has 0 fully saturated rings. The number of hydrogen-bond acceptors (Lipinski definition) is 4. The fourth-order valence-electron chi connectivity index (χ4n) is 1.15. The maximum absolute atomic E-state index is 10.6. The van der Waals surface area contributed by atoms with Gasteiger partial charge in [0.1, 0.15) is 22.8 Å². The van der Waals surface area contributed by atoms with E-state index in [2.05, 4.69) is 0 Å². The van der Waals surface area contributed by atoms with Crippen LogP contribution in [0.3, 0.4) is 0 Å². The van der Waals surface area contributed by atoms with E-state index in [1.165, 1.54) is 14.0 Å². The molecule has 0 aliphatic carbocycles. The maximum atomic E-state index is 10.6. The number of aromatic hydroxyl groups is 2. The summed E-state index contributed by atoms with van der Waals surface area (Å²) in [5, 5.41) is 27.4. The molecule has 1 rings (SSSR count). The van der Waals surface area contributed by atoms with Gasteiger partial charge in [-0.15, -0.1) is 0 Å². The maximum Gasteiger partial charge on any atom is 0.343 e. The number of ether oxygens (including phenoxy) is 1. The van der Waals surface area contributed by atoms with Gasteiger partial charge in [0, 0.05) is 11.6 Å². The van der Waals surface area contributed by atoms with Crippen LogP contribution >= 0.6 is 0 Å². The van der Waals surface area contributed by atoms with Crippen molar-refractivity contribution in [3.05, 3.63) is 17.2 Å². The van der Waals surface area contributed by atoms with Crippen molar-refractivity contribution >= 4 is 5.97 Å². The lowest BCUT2D eigenvalue weighted by Crippen LogP contribution is -2.00. The van der Waals surface area contributed by atoms with Gasteiger partial charge in [-0.2, -0.15) is 0 Å². The first-order chi connectivity index (χ1) is 6.49. The van der Waals surface area contributed by atoms with Crippen molar-refractivity contribution in [3.8, 4) is 17.2 Å². The number of rotatable bonds is 2. The molecule has 0 radical (unpaired) electrons. The van der Waals surface area contributed by atoms with Crippen molar-refractivity contribution in [2.24, 2.45) is 0 Å². The molecule has 0 saturated heterocycles. The minimum absolute atomic E-state index is 0.241. The molecule has 76 valence electrons. The van der Waals surface area contributed by atoms with Crippen LogP contribution in [0.15, 0.2) is 6.07 Å². The van der Waals surface area contributed by atoms with E-state index in [4.69, 9.17) is 9.84 Å². The topological polar surface area (TPSA) is 87.0 Å². The third kappa shape index (κ3) is 1.44. The highest BCUT2D eigenvalue weighted by atomic mass is 16.5. The van der Waals surface area contributed by atoms with Crippen LogP contribution in [0.5, 0.6) is 17.2 Å². The van der Waals surface area contributed by atoms with Crippen LogP contribution in [0.1, 0.15) is 15.9 Å². The second kappa shape index (κ2) is 3.45. The van der Waals surface area contributed by atoms with Gasteiger partial charge < -0.3 is 20.1 Å². The number of methoxy groups -OCH3 is 1. The smallest absolute Gasteiger partial charge is 0.343 e. The van der Waals surface area contributed by atoms with E-state index < -0.39 is 23.0 Å². The van der Waals surface area contributed by atoms with Crippen LogP contribution in [-0.2, 0) is 0 Å². The van der Waals surface area contributed by atoms with Gasteiger partial charge in [0.25, 0.3) is 0 Å². The summed E-state index contributed by atoms with van der Waals surface area (Å²) in [5.74, 6) is -2.14. The van der Waals surface area contributed by atoms with E-state index in [0.29, 0.717) is 0 Å². The molecule has 1 aromatic rings. The Bertz CT molecular complexity index is 383. The van der Waals surface area contributed by atoms with Crippen molar-refractivity contribution in [1.82, 2.24) is 0 Å². The van der Waals surface area contributed by atoms with Crippen LogP contribution in [0.4, 0.5) is 0 Å². The molecular weight excluding hydrogens is 188 g/mol. The van der Waals surface area contributed by atoms with Crippen molar-refractivity contribution < 1.29 is 24.9 Å². The summed E-state index contributed by atoms with van der Waals surface area (Å²) in [4.78, 5) is 10.6. The number of phenols is 2. The fourth-order valence-corrected chi connectivity index (χ4v) is 1.15. The first-order valence-corrected chi connectivity index (χ1v) is 3.81. The number of benzene rings is 1. The lowest BCUT2D eigenvalue weighted by atomic mass is 10.1. The molecule has 5 nitrogen and oxygen atoms in total. The normalized spacial score (nSPS) is 9.86. The average Bonchev–Trinajstić information content (AvgIpc) is 2.10. The largest absolute Gasteiger partial charge is 0.507 e. The fraction of sp³-hybridized carbons (Fsp3) is 0.222. The van der Waals surface area contributed by atoms with E-state index in [-0.39, 0.29) is 11.3 Å². The molecule has 0 heterocycles. The van der Waals surface area contributed by atoms with E-state index in [0.717, 1.165) is 6.07 Å². The van der Waals surface area contributed by atoms with Gasteiger partial charge >= 0.3 is 5.97 Å². The molecule has 0 spiro atoms. The standard InChI is InChI=1S/C9H10O5/c1-4-6(14-2)3-5(10)7(8(4)11)9(12)13/h3,10-11H,1-2H3,(H,12,13). The Balaban J connectivity index is 3.49. The molecule has 0 bridgehead atoms. The first-order valence-electron chi connectivity index (χ1n) is 3.81. The number of aromatic carboxylic acids is 1. The number of carboxylic acids is 1. The third-order valence-corrected chi connectivity index (χ3v) is 1.92. The van der Waals surface area contributed by atoms with Gasteiger partial charge in [-0.1, -0.05) is 0 Å². The lowest BCUT2D eigenvalue weighted by Gasteiger charge is -2.10. The minimum atomic E-state index is -1.38. The van der Waals surface area contributed by atoms with Crippen LogP contribution in [-0.4, -0.2) is 28.4 Å². The van der Waals surface area contributed by atoms with Crippen LogP contribution < -0.4 is 4.74 Å². The average molecular weight is 198 g/mol. The molecule has 0 saturated carbocycles. The zero-order valence-corrected chi connectivity index (χ0v) is 7.74. The zero-order valence-electron chi connectivity index (χ0n) is 7.74. The molecule has 0 atom stereocenters. The summed E-state index contributed by atoms with van der Waals surface area (Å²) in [5.41, 5.74) is -0.231. The number of carbonyl (C=O) groups is 1. The van der Waals surface area contributed by atoms with E-state index in [1.807, 2.05) is 0 Å². The Hall–Kier alpha value is -1.91. The second-order valence-corrected chi connectivity index (χ2v) is 2.75. The summed E-state index contributed by atoms with van der Waals surface area (Å²) in [6, 6.07) is 1.15. The lowest BCUT2D eigenvalue weighted by molar-refractivity contribution is 0.0690. The Morgan fingerprint density at radius 3 is 2.43 bits per heavy atom. The molecule has 0 amide bonds. The Labute approximate surface area is 80.2 Å². The molecule has 1 aromatic carbocycles.